The Balaban J connectivity index is 2.26. The molecule has 0 aromatic carbocycles. The molecule has 0 aromatic heterocycles. The lowest BCUT2D eigenvalue weighted by Gasteiger charge is -2.24. The van der Waals surface area contributed by atoms with Gasteiger partial charge >= 0.3 is 5.97 Å². The molecule has 0 saturated carbocycles. The number of hydrogen-bond donors (Lipinski definition) is 3. The van der Waals surface area contributed by atoms with Gasteiger partial charge in [-0.15, -0.1) is 0 Å². The topological polar surface area (TPSA) is 95.5 Å². The van der Waals surface area contributed by atoms with E-state index in [4.69, 9.17) is 5.11 Å². The molecule has 2 amide bonds. The summed E-state index contributed by atoms with van der Waals surface area (Å²) in [7, 11) is 0. The largest absolute Gasteiger partial charge is 0.481 e. The minimum Gasteiger partial charge on any atom is -0.481 e. The average molecular weight is 256 g/mol. The van der Waals surface area contributed by atoms with E-state index in [1.165, 1.54) is 0 Å². The number of imide groups is 1. The van der Waals surface area contributed by atoms with Gasteiger partial charge in [-0.3, -0.25) is 19.7 Å². The van der Waals surface area contributed by atoms with E-state index in [1.807, 2.05) is 13.8 Å². The van der Waals surface area contributed by atoms with E-state index >= 15 is 0 Å². The number of nitrogens with one attached hydrogen (secondary N) is 2. The third-order valence-electron chi connectivity index (χ3n) is 3.18. The number of carboxylic acids is 1. The van der Waals surface area contributed by atoms with E-state index in [9.17, 15) is 14.4 Å². The summed E-state index contributed by atoms with van der Waals surface area (Å²) in [6, 6.07) is -0.437. The molecule has 1 aliphatic heterocycles. The lowest BCUT2D eigenvalue weighted by Crippen LogP contribution is -2.38. The monoisotopic (exact) mass is 256 g/mol. The van der Waals surface area contributed by atoms with E-state index in [1.54, 1.807) is 0 Å². The van der Waals surface area contributed by atoms with Gasteiger partial charge in [0.25, 0.3) is 0 Å². The first-order chi connectivity index (χ1) is 8.30. The van der Waals surface area contributed by atoms with Crippen LogP contribution in [-0.4, -0.2) is 35.5 Å². The molecule has 6 nitrogen and oxygen atoms in total. The zero-order chi connectivity index (χ0) is 13.8. The Kier molecular flexibility index (Phi) is 4.84. The second-order valence-corrected chi connectivity index (χ2v) is 5.43. The molecular formula is C12H20N2O4. The number of aliphatic carboxylic acids is 1. The molecule has 0 spiro atoms. The minimum atomic E-state index is -0.795. The van der Waals surface area contributed by atoms with Gasteiger partial charge in [-0.05, 0) is 24.8 Å². The predicted molar refractivity (Wildman–Crippen MR) is 64.8 cm³/mol. The third kappa shape index (κ3) is 4.83. The highest BCUT2D eigenvalue weighted by Gasteiger charge is 2.30. The number of amides is 2. The highest BCUT2D eigenvalue weighted by Crippen LogP contribution is 2.26. The fraction of sp³-hybridized carbons (Fsp3) is 0.750. The molecule has 102 valence electrons. The molecule has 6 heteroatoms. The standard InChI is InChI=1S/C12H20N2O4/c1-12(2,4-3-10(16)17)5-6-13-8-7-9(15)14-11(8)18/h8,13H,3-7H2,1-2H3,(H,16,17)(H,14,15,18). The quantitative estimate of drug-likeness (QED) is 0.568. The minimum absolute atomic E-state index is 0.0928. The van der Waals surface area contributed by atoms with Crippen LogP contribution >= 0.6 is 0 Å². The zero-order valence-electron chi connectivity index (χ0n) is 10.8. The molecule has 1 saturated heterocycles. The van der Waals surface area contributed by atoms with Crippen LogP contribution in [0.2, 0.25) is 0 Å². The highest BCUT2D eigenvalue weighted by atomic mass is 16.4. The van der Waals surface area contributed by atoms with Crippen molar-refractivity contribution in [2.24, 2.45) is 5.41 Å². The summed E-state index contributed by atoms with van der Waals surface area (Å²) >= 11 is 0. The molecular weight excluding hydrogens is 236 g/mol. The fourth-order valence-electron chi connectivity index (χ4n) is 1.87. The van der Waals surface area contributed by atoms with E-state index in [0.29, 0.717) is 13.0 Å². The molecule has 1 atom stereocenters. The first kappa shape index (κ1) is 14.6. The van der Waals surface area contributed by atoms with Crippen molar-refractivity contribution in [2.45, 2.75) is 45.6 Å². The summed E-state index contributed by atoms with van der Waals surface area (Å²) < 4.78 is 0. The number of rotatable bonds is 7. The van der Waals surface area contributed by atoms with Gasteiger partial charge in [0.05, 0.1) is 12.5 Å². The summed E-state index contributed by atoms with van der Waals surface area (Å²) in [6.07, 6.45) is 1.70. The smallest absolute Gasteiger partial charge is 0.303 e. The number of hydrogen-bond acceptors (Lipinski definition) is 4. The first-order valence-electron chi connectivity index (χ1n) is 6.09. The Morgan fingerprint density at radius 3 is 2.61 bits per heavy atom. The molecule has 3 N–H and O–H groups in total. The number of carbonyl (C=O) groups is 3. The third-order valence-corrected chi connectivity index (χ3v) is 3.18. The summed E-state index contributed by atoms with van der Waals surface area (Å²) in [5, 5.41) is 13.9. The lowest BCUT2D eigenvalue weighted by molar-refractivity contribution is -0.137. The Labute approximate surface area is 106 Å². The molecule has 1 heterocycles. The van der Waals surface area contributed by atoms with Crippen LogP contribution in [0.15, 0.2) is 0 Å². The molecule has 0 bridgehead atoms. The Bertz CT molecular complexity index is 352. The zero-order valence-corrected chi connectivity index (χ0v) is 10.8. The van der Waals surface area contributed by atoms with Crippen LogP contribution in [0.5, 0.6) is 0 Å². The van der Waals surface area contributed by atoms with Gasteiger partial charge in [-0.2, -0.15) is 0 Å². The van der Waals surface area contributed by atoms with Gasteiger partial charge in [-0.1, -0.05) is 13.8 Å². The van der Waals surface area contributed by atoms with Crippen LogP contribution in [-0.2, 0) is 14.4 Å². The summed E-state index contributed by atoms with van der Waals surface area (Å²) in [5.74, 6) is -1.32. The SMILES string of the molecule is CC(C)(CCNC1CC(=O)NC1=O)CCC(=O)O. The van der Waals surface area contributed by atoms with Crippen molar-refractivity contribution in [2.75, 3.05) is 6.54 Å². The molecule has 0 radical (unpaired) electrons. The number of carbonyl (C=O) groups excluding carboxylic acids is 2. The van der Waals surface area contributed by atoms with Gasteiger partial charge in [-0.25, -0.2) is 0 Å². The predicted octanol–water partition coefficient (Wildman–Crippen LogP) is 0.272. The fourth-order valence-corrected chi connectivity index (χ4v) is 1.87. The van der Waals surface area contributed by atoms with Crippen LogP contribution in [0.1, 0.15) is 39.5 Å². The van der Waals surface area contributed by atoms with Crippen molar-refractivity contribution in [3.05, 3.63) is 0 Å². The molecule has 1 unspecified atom stereocenters. The highest BCUT2D eigenvalue weighted by molar-refractivity contribution is 6.05. The van der Waals surface area contributed by atoms with Crippen molar-refractivity contribution >= 4 is 17.8 Å². The van der Waals surface area contributed by atoms with Gasteiger partial charge < -0.3 is 10.4 Å². The summed E-state index contributed by atoms with van der Waals surface area (Å²) in [6.45, 7) is 4.59. The normalized spacial score (nSPS) is 20.0. The average Bonchev–Trinajstić information content (AvgIpc) is 2.55. The van der Waals surface area contributed by atoms with Gasteiger partial charge in [0.1, 0.15) is 0 Å². The van der Waals surface area contributed by atoms with Gasteiger partial charge in [0.2, 0.25) is 11.8 Å². The molecule has 0 aliphatic carbocycles. The van der Waals surface area contributed by atoms with Crippen LogP contribution in [0.25, 0.3) is 0 Å². The van der Waals surface area contributed by atoms with Gasteiger partial charge in [0.15, 0.2) is 0 Å². The van der Waals surface area contributed by atoms with E-state index in [-0.39, 0.29) is 30.1 Å². The number of carboxylic acid groups (broad SMARTS) is 1. The van der Waals surface area contributed by atoms with Crippen molar-refractivity contribution < 1.29 is 19.5 Å². The molecule has 1 fully saturated rings. The van der Waals surface area contributed by atoms with E-state index < -0.39 is 12.0 Å². The Hall–Kier alpha value is -1.43. The summed E-state index contributed by atoms with van der Waals surface area (Å²) in [5.41, 5.74) is -0.0928. The van der Waals surface area contributed by atoms with Crippen molar-refractivity contribution in [1.82, 2.24) is 10.6 Å². The van der Waals surface area contributed by atoms with Crippen LogP contribution in [0, 0.1) is 5.41 Å². The Morgan fingerprint density at radius 2 is 2.11 bits per heavy atom. The maximum atomic E-state index is 11.3. The van der Waals surface area contributed by atoms with Crippen molar-refractivity contribution in [1.29, 1.82) is 0 Å². The van der Waals surface area contributed by atoms with E-state index in [0.717, 1.165) is 6.42 Å². The Morgan fingerprint density at radius 1 is 1.44 bits per heavy atom. The molecule has 18 heavy (non-hydrogen) atoms. The maximum Gasteiger partial charge on any atom is 0.303 e. The molecule has 1 rings (SSSR count). The van der Waals surface area contributed by atoms with Gasteiger partial charge in [0, 0.05) is 6.42 Å². The second kappa shape index (κ2) is 5.95. The van der Waals surface area contributed by atoms with Crippen LogP contribution < -0.4 is 10.6 Å². The second-order valence-electron chi connectivity index (χ2n) is 5.43. The first-order valence-corrected chi connectivity index (χ1v) is 6.09. The summed E-state index contributed by atoms with van der Waals surface area (Å²) in [4.78, 5) is 32.7. The van der Waals surface area contributed by atoms with E-state index in [2.05, 4.69) is 10.6 Å². The van der Waals surface area contributed by atoms with Crippen molar-refractivity contribution in [3.63, 3.8) is 0 Å². The lowest BCUT2D eigenvalue weighted by atomic mass is 9.84. The molecule has 0 aromatic rings. The van der Waals surface area contributed by atoms with Crippen molar-refractivity contribution in [3.8, 4) is 0 Å². The molecule has 1 aliphatic rings. The van der Waals surface area contributed by atoms with Crippen LogP contribution in [0.3, 0.4) is 0 Å². The maximum absolute atomic E-state index is 11.3. The van der Waals surface area contributed by atoms with Crippen LogP contribution in [0.4, 0.5) is 0 Å².